The number of nitro groups is 1. The highest BCUT2D eigenvalue weighted by Gasteiger charge is 2.22. The molecule has 0 saturated carbocycles. The number of nitro benzene ring substituents is 1. The minimum atomic E-state index is -0.712. The van der Waals surface area contributed by atoms with Crippen molar-refractivity contribution in [3.63, 3.8) is 0 Å². The number of benzene rings is 1. The Bertz CT molecular complexity index is 659. The standard InChI is InChI=1S/C12H13FN4O4/c1-21-5-4-16-11(7-18)14-15-12(16)9-3-2-8(13)6-10(9)17(19)20/h2-3,6,18H,4-5,7H2,1H3. The number of methoxy groups -OCH3 is 1. The van der Waals surface area contributed by atoms with Gasteiger partial charge >= 0.3 is 0 Å². The number of aromatic nitrogens is 3. The third-order valence-electron chi connectivity index (χ3n) is 2.89. The lowest BCUT2D eigenvalue weighted by molar-refractivity contribution is -0.384. The summed E-state index contributed by atoms with van der Waals surface area (Å²) in [4.78, 5) is 10.4. The third kappa shape index (κ3) is 3.03. The van der Waals surface area contributed by atoms with Crippen molar-refractivity contribution in [3.8, 4) is 11.4 Å². The molecule has 0 spiro atoms. The number of aliphatic hydroxyl groups is 1. The molecule has 1 N–H and O–H groups in total. The summed E-state index contributed by atoms with van der Waals surface area (Å²) in [5.41, 5.74) is -0.282. The Labute approximate surface area is 119 Å². The second kappa shape index (κ2) is 6.37. The average molecular weight is 296 g/mol. The van der Waals surface area contributed by atoms with Crippen LogP contribution in [0.1, 0.15) is 5.82 Å². The molecule has 112 valence electrons. The summed E-state index contributed by atoms with van der Waals surface area (Å²) in [6, 6.07) is 3.20. The van der Waals surface area contributed by atoms with Gasteiger partial charge in [-0.2, -0.15) is 0 Å². The van der Waals surface area contributed by atoms with Crippen LogP contribution in [0.5, 0.6) is 0 Å². The molecule has 0 fully saturated rings. The zero-order valence-electron chi connectivity index (χ0n) is 11.2. The fourth-order valence-electron chi connectivity index (χ4n) is 1.91. The highest BCUT2D eigenvalue weighted by atomic mass is 19.1. The lowest BCUT2D eigenvalue weighted by atomic mass is 10.1. The highest BCUT2D eigenvalue weighted by molar-refractivity contribution is 5.68. The van der Waals surface area contributed by atoms with E-state index in [2.05, 4.69) is 10.2 Å². The molecule has 2 aromatic rings. The van der Waals surface area contributed by atoms with Gasteiger partial charge in [0.1, 0.15) is 12.4 Å². The maximum absolute atomic E-state index is 13.2. The second-order valence-corrected chi connectivity index (χ2v) is 4.16. The van der Waals surface area contributed by atoms with Crippen molar-refractivity contribution in [1.82, 2.24) is 14.8 Å². The molecule has 0 unspecified atom stereocenters. The quantitative estimate of drug-likeness (QED) is 0.633. The lowest BCUT2D eigenvalue weighted by Gasteiger charge is -2.09. The van der Waals surface area contributed by atoms with Gasteiger partial charge in [0, 0.05) is 13.7 Å². The topological polar surface area (TPSA) is 103 Å². The van der Waals surface area contributed by atoms with E-state index in [1.807, 2.05) is 0 Å². The highest BCUT2D eigenvalue weighted by Crippen LogP contribution is 2.29. The van der Waals surface area contributed by atoms with E-state index in [1.165, 1.54) is 17.7 Å². The van der Waals surface area contributed by atoms with Crippen molar-refractivity contribution in [2.24, 2.45) is 0 Å². The van der Waals surface area contributed by atoms with Crippen LogP contribution in [0, 0.1) is 15.9 Å². The fraction of sp³-hybridized carbons (Fsp3) is 0.333. The summed E-state index contributed by atoms with van der Waals surface area (Å²) in [6.07, 6.45) is 0. The summed E-state index contributed by atoms with van der Waals surface area (Å²) in [5, 5.41) is 27.9. The fourth-order valence-corrected chi connectivity index (χ4v) is 1.91. The molecule has 1 aromatic carbocycles. The SMILES string of the molecule is COCCn1c(CO)nnc1-c1ccc(F)cc1[N+](=O)[O-]. The second-order valence-electron chi connectivity index (χ2n) is 4.16. The largest absolute Gasteiger partial charge is 0.388 e. The zero-order valence-corrected chi connectivity index (χ0v) is 11.2. The summed E-state index contributed by atoms with van der Waals surface area (Å²) < 4.78 is 19.6. The van der Waals surface area contributed by atoms with Crippen LogP contribution in [-0.4, -0.2) is 38.5 Å². The summed E-state index contributed by atoms with van der Waals surface area (Å²) in [6.45, 7) is 0.252. The molecule has 1 heterocycles. The Morgan fingerprint density at radius 3 is 2.86 bits per heavy atom. The van der Waals surface area contributed by atoms with Crippen LogP contribution in [-0.2, 0) is 17.9 Å². The molecular weight excluding hydrogens is 283 g/mol. The van der Waals surface area contributed by atoms with Gasteiger partial charge in [-0.05, 0) is 12.1 Å². The Kier molecular flexibility index (Phi) is 4.55. The van der Waals surface area contributed by atoms with E-state index in [1.54, 1.807) is 0 Å². The van der Waals surface area contributed by atoms with Crippen LogP contribution < -0.4 is 0 Å². The molecule has 0 aliphatic heterocycles. The molecule has 0 saturated heterocycles. The Morgan fingerprint density at radius 1 is 1.48 bits per heavy atom. The van der Waals surface area contributed by atoms with Crippen LogP contribution in [0.25, 0.3) is 11.4 Å². The van der Waals surface area contributed by atoms with Crippen LogP contribution in [0.2, 0.25) is 0 Å². The van der Waals surface area contributed by atoms with E-state index >= 15 is 0 Å². The van der Waals surface area contributed by atoms with E-state index in [0.717, 1.165) is 12.1 Å². The minimum Gasteiger partial charge on any atom is -0.388 e. The van der Waals surface area contributed by atoms with E-state index in [-0.39, 0.29) is 23.8 Å². The van der Waals surface area contributed by atoms with Gasteiger partial charge in [0.15, 0.2) is 11.6 Å². The van der Waals surface area contributed by atoms with E-state index < -0.39 is 16.4 Å². The molecule has 0 aliphatic rings. The van der Waals surface area contributed by atoms with E-state index in [0.29, 0.717) is 13.2 Å². The molecule has 0 atom stereocenters. The van der Waals surface area contributed by atoms with Gasteiger partial charge in [0.05, 0.1) is 23.2 Å². The number of aliphatic hydroxyl groups excluding tert-OH is 1. The van der Waals surface area contributed by atoms with Gasteiger partial charge in [-0.3, -0.25) is 10.1 Å². The summed E-state index contributed by atoms with van der Waals surface area (Å²) in [7, 11) is 1.50. The molecular formula is C12H13FN4O4. The smallest absolute Gasteiger partial charge is 0.283 e. The van der Waals surface area contributed by atoms with Crippen molar-refractivity contribution < 1.29 is 19.2 Å². The van der Waals surface area contributed by atoms with E-state index in [9.17, 15) is 19.6 Å². The third-order valence-corrected chi connectivity index (χ3v) is 2.89. The van der Waals surface area contributed by atoms with Gasteiger partial charge in [0.2, 0.25) is 0 Å². The molecule has 2 rings (SSSR count). The Morgan fingerprint density at radius 2 is 2.24 bits per heavy atom. The van der Waals surface area contributed by atoms with Crippen molar-refractivity contribution in [3.05, 3.63) is 40.0 Å². The van der Waals surface area contributed by atoms with Crippen molar-refractivity contribution in [1.29, 1.82) is 0 Å². The minimum absolute atomic E-state index is 0.129. The molecule has 21 heavy (non-hydrogen) atoms. The van der Waals surface area contributed by atoms with Crippen LogP contribution in [0.4, 0.5) is 10.1 Å². The number of hydrogen-bond donors (Lipinski definition) is 1. The Hall–Kier alpha value is -2.39. The van der Waals surface area contributed by atoms with Gasteiger partial charge in [-0.15, -0.1) is 10.2 Å². The predicted octanol–water partition coefficient (Wildman–Crippen LogP) is 1.13. The molecule has 8 nitrogen and oxygen atoms in total. The van der Waals surface area contributed by atoms with Crippen LogP contribution in [0.3, 0.4) is 0 Å². The molecule has 1 aromatic heterocycles. The van der Waals surface area contributed by atoms with Gasteiger partial charge < -0.3 is 14.4 Å². The first-order chi connectivity index (χ1) is 10.1. The average Bonchev–Trinajstić information content (AvgIpc) is 2.87. The first kappa shape index (κ1) is 15.0. The number of hydrogen-bond acceptors (Lipinski definition) is 6. The number of rotatable bonds is 6. The Balaban J connectivity index is 2.56. The summed E-state index contributed by atoms with van der Waals surface area (Å²) in [5.74, 6) is -0.278. The van der Waals surface area contributed by atoms with Crippen LogP contribution in [0.15, 0.2) is 18.2 Å². The molecule has 0 amide bonds. The number of ether oxygens (including phenoxy) is 1. The lowest BCUT2D eigenvalue weighted by Crippen LogP contribution is -2.10. The van der Waals surface area contributed by atoms with E-state index in [4.69, 9.17) is 4.74 Å². The maximum atomic E-state index is 13.2. The van der Waals surface area contributed by atoms with Gasteiger partial charge in [-0.25, -0.2) is 4.39 Å². The maximum Gasteiger partial charge on any atom is 0.283 e. The summed E-state index contributed by atoms with van der Waals surface area (Å²) >= 11 is 0. The first-order valence-corrected chi connectivity index (χ1v) is 6.04. The predicted molar refractivity (Wildman–Crippen MR) is 69.9 cm³/mol. The van der Waals surface area contributed by atoms with Crippen molar-refractivity contribution in [2.75, 3.05) is 13.7 Å². The van der Waals surface area contributed by atoms with Gasteiger partial charge in [0.25, 0.3) is 5.69 Å². The first-order valence-electron chi connectivity index (χ1n) is 6.04. The van der Waals surface area contributed by atoms with Crippen molar-refractivity contribution in [2.45, 2.75) is 13.2 Å². The molecule has 9 heteroatoms. The normalized spacial score (nSPS) is 10.8. The van der Waals surface area contributed by atoms with Crippen LogP contribution >= 0.6 is 0 Å². The molecule has 0 radical (unpaired) electrons. The molecule has 0 bridgehead atoms. The number of halogens is 1. The van der Waals surface area contributed by atoms with Gasteiger partial charge in [-0.1, -0.05) is 0 Å². The zero-order chi connectivity index (χ0) is 15.4. The number of nitrogens with zero attached hydrogens (tertiary/aromatic N) is 4. The monoisotopic (exact) mass is 296 g/mol. The van der Waals surface area contributed by atoms with Crippen molar-refractivity contribution >= 4 is 5.69 Å². The molecule has 0 aliphatic carbocycles.